The molecule has 0 saturated heterocycles. The molecule has 0 fully saturated rings. The van der Waals surface area contributed by atoms with Crippen molar-refractivity contribution in [2.24, 2.45) is 0 Å². The highest BCUT2D eigenvalue weighted by Gasteiger charge is 2.33. The van der Waals surface area contributed by atoms with Crippen LogP contribution in [0.2, 0.25) is 5.15 Å². The summed E-state index contributed by atoms with van der Waals surface area (Å²) in [6.45, 7) is 2.98. The number of fused-ring (bicyclic) bond motifs is 2. The number of anilines is 1. The maximum atomic E-state index is 13.8. The van der Waals surface area contributed by atoms with E-state index in [2.05, 4.69) is 25.3 Å². The molecule has 0 radical (unpaired) electrons. The number of nitrogens with zero attached hydrogens (tertiary/aromatic N) is 6. The van der Waals surface area contributed by atoms with Crippen LogP contribution in [0.25, 0.3) is 22.7 Å². The summed E-state index contributed by atoms with van der Waals surface area (Å²) in [4.78, 5) is 41.7. The molecule has 0 spiro atoms. The zero-order valence-electron chi connectivity index (χ0n) is 19.7. The van der Waals surface area contributed by atoms with Gasteiger partial charge in [0.15, 0.2) is 5.69 Å². The number of pyridine rings is 2. The first-order chi connectivity index (χ1) is 17.9. The molecule has 0 aliphatic carbocycles. The van der Waals surface area contributed by atoms with Crippen molar-refractivity contribution in [1.29, 1.82) is 0 Å². The molecule has 38 heavy (non-hydrogen) atoms. The summed E-state index contributed by atoms with van der Waals surface area (Å²) in [5.41, 5.74) is -1.41. The van der Waals surface area contributed by atoms with Crippen LogP contribution in [0.15, 0.2) is 54.0 Å². The van der Waals surface area contributed by atoms with Gasteiger partial charge in [-0.1, -0.05) is 11.6 Å². The van der Waals surface area contributed by atoms with Gasteiger partial charge in [-0.2, -0.15) is 13.2 Å². The van der Waals surface area contributed by atoms with E-state index in [0.29, 0.717) is 17.5 Å². The highest BCUT2D eigenvalue weighted by Crippen LogP contribution is 2.34. The summed E-state index contributed by atoms with van der Waals surface area (Å²) in [5.74, 6) is -0.964. The van der Waals surface area contributed by atoms with Crippen molar-refractivity contribution in [2.45, 2.75) is 26.1 Å². The van der Waals surface area contributed by atoms with Gasteiger partial charge in [0, 0.05) is 47.7 Å². The van der Waals surface area contributed by atoms with Crippen molar-refractivity contribution in [2.75, 3.05) is 5.32 Å². The zero-order chi connectivity index (χ0) is 27.4. The average molecular weight is 544 g/mol. The molecule has 14 heteroatoms. The van der Waals surface area contributed by atoms with E-state index in [9.17, 15) is 27.9 Å². The molecule has 0 unspecified atom stereocenters. The smallest absolute Gasteiger partial charge is 0.417 e. The van der Waals surface area contributed by atoms with Crippen LogP contribution < -0.4 is 10.9 Å². The average Bonchev–Trinajstić information content (AvgIpc) is 3.34. The molecule has 0 amide bonds. The Bertz CT molecular complexity index is 1800. The van der Waals surface area contributed by atoms with Crippen LogP contribution in [-0.2, 0) is 6.18 Å². The minimum atomic E-state index is -4.76. The molecular weight excluding hydrogens is 527 g/mol. The molecule has 5 aromatic heterocycles. The minimum Gasteiger partial charge on any atom is -0.476 e. The van der Waals surface area contributed by atoms with E-state index in [1.165, 1.54) is 32.2 Å². The quantitative estimate of drug-likeness (QED) is 0.307. The molecule has 5 heterocycles. The van der Waals surface area contributed by atoms with E-state index in [4.69, 9.17) is 11.6 Å². The Balaban J connectivity index is 1.73. The predicted molar refractivity (Wildman–Crippen MR) is 131 cm³/mol. The summed E-state index contributed by atoms with van der Waals surface area (Å²) in [5, 5.41) is 12.3. The Morgan fingerprint density at radius 3 is 2.66 bits per heavy atom. The van der Waals surface area contributed by atoms with Gasteiger partial charge in [0.25, 0.3) is 5.56 Å². The summed E-state index contributed by atoms with van der Waals surface area (Å²) in [6.07, 6.45) is 2.26. The van der Waals surface area contributed by atoms with Crippen LogP contribution in [0.5, 0.6) is 0 Å². The normalized spacial score (nSPS) is 12.7. The minimum absolute atomic E-state index is 0.00105. The van der Waals surface area contributed by atoms with Crippen molar-refractivity contribution in [3.63, 3.8) is 0 Å². The first-order valence-corrected chi connectivity index (χ1v) is 11.4. The van der Waals surface area contributed by atoms with Crippen molar-refractivity contribution < 1.29 is 23.1 Å². The number of carbonyl (C=O) groups is 1. The Morgan fingerprint density at radius 2 is 1.95 bits per heavy atom. The van der Waals surface area contributed by atoms with Gasteiger partial charge in [-0.3, -0.25) is 13.6 Å². The van der Waals surface area contributed by atoms with Gasteiger partial charge < -0.3 is 10.4 Å². The van der Waals surface area contributed by atoms with E-state index in [1.54, 1.807) is 23.0 Å². The maximum absolute atomic E-state index is 13.8. The fourth-order valence-corrected chi connectivity index (χ4v) is 4.22. The van der Waals surface area contributed by atoms with Crippen LogP contribution in [0, 0.1) is 6.92 Å². The van der Waals surface area contributed by atoms with Crippen LogP contribution in [-0.4, -0.2) is 39.8 Å². The number of aromatic nitrogens is 6. The third kappa shape index (κ3) is 4.41. The van der Waals surface area contributed by atoms with E-state index in [-0.39, 0.29) is 33.3 Å². The summed E-state index contributed by atoms with van der Waals surface area (Å²) < 4.78 is 43.9. The largest absolute Gasteiger partial charge is 0.476 e. The molecule has 0 saturated carbocycles. The van der Waals surface area contributed by atoms with Crippen molar-refractivity contribution in [3.05, 3.63) is 87.1 Å². The molecule has 2 N–H and O–H groups in total. The van der Waals surface area contributed by atoms with Gasteiger partial charge in [-0.05, 0) is 32.0 Å². The molecule has 0 aromatic carbocycles. The van der Waals surface area contributed by atoms with Gasteiger partial charge >= 0.3 is 12.1 Å². The Labute approximate surface area is 216 Å². The third-order valence-electron chi connectivity index (χ3n) is 5.93. The fourth-order valence-electron chi connectivity index (χ4n) is 4.07. The zero-order valence-corrected chi connectivity index (χ0v) is 20.4. The lowest BCUT2D eigenvalue weighted by Crippen LogP contribution is -2.24. The van der Waals surface area contributed by atoms with Crippen LogP contribution in [0.3, 0.4) is 0 Å². The monoisotopic (exact) mass is 543 g/mol. The first-order valence-electron chi connectivity index (χ1n) is 11.0. The molecule has 0 aliphatic heterocycles. The van der Waals surface area contributed by atoms with Crippen molar-refractivity contribution in [1.82, 2.24) is 28.7 Å². The molecule has 194 valence electrons. The number of imidazole rings is 1. The molecule has 5 aromatic rings. The number of aromatic carboxylic acids is 1. The number of carboxylic acids is 1. The number of hydrogen-bond acceptors (Lipinski definition) is 7. The number of halogens is 4. The number of hydrogen-bond donors (Lipinski definition) is 2. The maximum Gasteiger partial charge on any atom is 0.417 e. The van der Waals surface area contributed by atoms with Gasteiger partial charge in [0.2, 0.25) is 5.78 Å². The summed E-state index contributed by atoms with van der Waals surface area (Å²) >= 11 is 5.81. The van der Waals surface area contributed by atoms with Crippen LogP contribution in [0.4, 0.5) is 18.9 Å². The lowest BCUT2D eigenvalue weighted by molar-refractivity contribution is -0.137. The Morgan fingerprint density at radius 1 is 1.18 bits per heavy atom. The van der Waals surface area contributed by atoms with Gasteiger partial charge in [-0.25, -0.2) is 24.7 Å². The van der Waals surface area contributed by atoms with Gasteiger partial charge in [0.05, 0.1) is 23.0 Å². The second kappa shape index (κ2) is 9.10. The highest BCUT2D eigenvalue weighted by molar-refractivity contribution is 6.29. The topological polar surface area (TPSA) is 127 Å². The highest BCUT2D eigenvalue weighted by atomic mass is 35.5. The number of rotatable bonds is 5. The second-order valence-corrected chi connectivity index (χ2v) is 8.83. The van der Waals surface area contributed by atoms with E-state index >= 15 is 0 Å². The number of nitrogens with one attached hydrogen (secondary N) is 1. The lowest BCUT2D eigenvalue weighted by atomic mass is 10.0. The molecular formula is C24H17ClF3N7O3. The van der Waals surface area contributed by atoms with Crippen LogP contribution in [0.1, 0.15) is 40.1 Å². The molecule has 5 rings (SSSR count). The predicted octanol–water partition coefficient (Wildman–Crippen LogP) is 4.65. The van der Waals surface area contributed by atoms with E-state index in [0.717, 1.165) is 10.5 Å². The summed E-state index contributed by atoms with van der Waals surface area (Å²) in [6, 6.07) is 2.63. The van der Waals surface area contributed by atoms with E-state index in [1.807, 2.05) is 0 Å². The van der Waals surface area contributed by atoms with Crippen LogP contribution >= 0.6 is 11.6 Å². The Hall–Kier alpha value is -4.52. The molecule has 0 aliphatic rings. The molecule has 10 nitrogen and oxygen atoms in total. The fraction of sp³-hybridized carbons (Fsp3) is 0.167. The molecule has 1 atom stereocenters. The first kappa shape index (κ1) is 25.1. The second-order valence-electron chi connectivity index (χ2n) is 8.44. The SMILES string of the molecule is Cc1c(-c2cnc3nccn3c2)nc2c([C@@H](C)Nc3ccc(Cl)nc3C(=O)O)cc(C(F)(F)F)cn2c1=O. The lowest BCUT2D eigenvalue weighted by Gasteiger charge is -2.21. The van der Waals surface area contributed by atoms with Gasteiger partial charge in [-0.15, -0.1) is 0 Å². The summed E-state index contributed by atoms with van der Waals surface area (Å²) in [7, 11) is 0. The number of carboxylic acid groups (broad SMARTS) is 1. The standard InChI is InChI=1S/C24H17ClF3N7O3/c1-11-18(13-8-30-23-29-5-6-34(23)9-13)33-20-15(7-14(24(26,27)28)10-35(20)21(11)36)12(2)31-16-3-4-17(25)32-19(16)22(37)38/h3-10,12,31H,1-2H3,(H,37,38)/t12-/m1/s1. The third-order valence-corrected chi connectivity index (χ3v) is 6.14. The van der Waals surface area contributed by atoms with E-state index < -0.39 is 35.0 Å². The Kier molecular flexibility index (Phi) is 6.02. The molecule has 0 bridgehead atoms. The van der Waals surface area contributed by atoms with Gasteiger partial charge in [0.1, 0.15) is 10.8 Å². The number of alkyl halides is 3. The van der Waals surface area contributed by atoms with Crippen molar-refractivity contribution >= 4 is 34.7 Å². The van der Waals surface area contributed by atoms with Crippen molar-refractivity contribution in [3.8, 4) is 11.3 Å².